The minimum atomic E-state index is -0.511. The number of carbonyl (C=O) groups is 1. The Morgan fingerprint density at radius 3 is 2.50 bits per heavy atom. The molecule has 1 heterocycles. The molecule has 0 radical (unpaired) electrons. The van der Waals surface area contributed by atoms with Crippen LogP contribution in [-0.4, -0.2) is 42.1 Å². The van der Waals surface area contributed by atoms with Gasteiger partial charge in [-0.15, -0.1) is 0 Å². The van der Waals surface area contributed by atoms with Crippen LogP contribution < -0.4 is 15.5 Å². The molecule has 0 aliphatic heterocycles. The van der Waals surface area contributed by atoms with E-state index in [-0.39, 0.29) is 22.5 Å². The fraction of sp³-hybridized carbons (Fsp3) is 0.450. The highest BCUT2D eigenvalue weighted by atomic mass is 35.5. The maximum Gasteiger partial charge on any atom is 0.251 e. The van der Waals surface area contributed by atoms with Crippen LogP contribution in [0.1, 0.15) is 41.6 Å². The molecule has 1 aliphatic carbocycles. The maximum atomic E-state index is 13.4. The summed E-state index contributed by atoms with van der Waals surface area (Å²) in [5, 5.41) is 6.71. The number of benzene rings is 1. The molecule has 0 unspecified atom stereocenters. The van der Waals surface area contributed by atoms with E-state index in [2.05, 4.69) is 20.6 Å². The van der Waals surface area contributed by atoms with Crippen LogP contribution in [0, 0.1) is 12.7 Å². The molecule has 0 spiro atoms. The van der Waals surface area contributed by atoms with Gasteiger partial charge in [-0.3, -0.25) is 4.79 Å². The lowest BCUT2D eigenvalue weighted by molar-refractivity contribution is 0.0926. The van der Waals surface area contributed by atoms with Crippen LogP contribution in [0.2, 0.25) is 5.02 Å². The molecule has 1 amide bonds. The lowest BCUT2D eigenvalue weighted by Crippen LogP contribution is -2.40. The highest BCUT2D eigenvalue weighted by Gasteiger charge is 2.24. The molecule has 1 saturated carbocycles. The second-order valence-electron chi connectivity index (χ2n) is 7.42. The first-order valence-electron chi connectivity index (χ1n) is 9.36. The number of hydrogen-bond donors (Lipinski definition) is 2. The summed E-state index contributed by atoms with van der Waals surface area (Å²) in [7, 11) is 3.82. The molecule has 1 aliphatic rings. The smallest absolute Gasteiger partial charge is 0.251 e. The Hall–Kier alpha value is -2.41. The third kappa shape index (κ3) is 5.10. The van der Waals surface area contributed by atoms with E-state index in [1.54, 1.807) is 0 Å². The van der Waals surface area contributed by atoms with Gasteiger partial charge in [-0.1, -0.05) is 11.6 Å². The van der Waals surface area contributed by atoms with Crippen LogP contribution in [0.5, 0.6) is 0 Å². The van der Waals surface area contributed by atoms with Crippen LogP contribution >= 0.6 is 11.6 Å². The molecule has 3 rings (SSSR count). The zero-order chi connectivity index (χ0) is 20.3. The fourth-order valence-electron chi connectivity index (χ4n) is 3.32. The summed E-state index contributed by atoms with van der Waals surface area (Å²) >= 11 is 5.83. The van der Waals surface area contributed by atoms with Gasteiger partial charge in [-0.2, -0.15) is 4.98 Å². The van der Waals surface area contributed by atoms with E-state index in [1.165, 1.54) is 18.2 Å². The molecule has 28 heavy (non-hydrogen) atoms. The van der Waals surface area contributed by atoms with Gasteiger partial charge in [0, 0.05) is 48.5 Å². The van der Waals surface area contributed by atoms with Crippen molar-refractivity contribution in [3.8, 4) is 0 Å². The van der Waals surface area contributed by atoms with E-state index in [0.29, 0.717) is 12.0 Å². The monoisotopic (exact) mass is 405 g/mol. The van der Waals surface area contributed by atoms with Gasteiger partial charge in [-0.05, 0) is 50.8 Å². The maximum absolute atomic E-state index is 13.4. The van der Waals surface area contributed by atoms with Gasteiger partial charge < -0.3 is 15.5 Å². The summed E-state index contributed by atoms with van der Waals surface area (Å²) in [6.07, 6.45) is 5.33. The van der Waals surface area contributed by atoms with Crippen molar-refractivity contribution in [2.24, 2.45) is 0 Å². The van der Waals surface area contributed by atoms with Crippen molar-refractivity contribution in [1.82, 2.24) is 15.3 Å². The summed E-state index contributed by atoms with van der Waals surface area (Å²) in [6.45, 7) is 1.98. The number of amides is 1. The SMILES string of the molecule is Cc1cnc(N(C)C)nc1N[C@H]1CC[C@@H](NC(=O)c2cc(F)cc(Cl)c2)CC1. The molecule has 1 aromatic heterocycles. The first kappa shape index (κ1) is 20.3. The summed E-state index contributed by atoms with van der Waals surface area (Å²) in [6, 6.07) is 4.23. The quantitative estimate of drug-likeness (QED) is 0.791. The van der Waals surface area contributed by atoms with Crippen molar-refractivity contribution in [3.63, 3.8) is 0 Å². The zero-order valence-electron chi connectivity index (χ0n) is 16.3. The normalized spacial score (nSPS) is 19.2. The number of nitrogens with zero attached hydrogens (tertiary/aromatic N) is 3. The Morgan fingerprint density at radius 2 is 1.86 bits per heavy atom. The predicted octanol–water partition coefficient (Wildman–Crippen LogP) is 3.80. The van der Waals surface area contributed by atoms with Gasteiger partial charge in [-0.25, -0.2) is 9.37 Å². The van der Waals surface area contributed by atoms with Gasteiger partial charge in [0.25, 0.3) is 5.91 Å². The number of rotatable bonds is 5. The average Bonchev–Trinajstić information content (AvgIpc) is 2.64. The van der Waals surface area contributed by atoms with Crippen LogP contribution in [0.3, 0.4) is 0 Å². The molecule has 1 aromatic carbocycles. The van der Waals surface area contributed by atoms with E-state index in [0.717, 1.165) is 37.1 Å². The molecule has 8 heteroatoms. The van der Waals surface area contributed by atoms with Crippen molar-refractivity contribution in [1.29, 1.82) is 0 Å². The average molecular weight is 406 g/mol. The van der Waals surface area contributed by atoms with Crippen molar-refractivity contribution in [2.75, 3.05) is 24.3 Å². The first-order valence-corrected chi connectivity index (χ1v) is 9.74. The molecule has 2 aromatic rings. The van der Waals surface area contributed by atoms with E-state index in [1.807, 2.05) is 32.1 Å². The molecule has 2 N–H and O–H groups in total. The second-order valence-corrected chi connectivity index (χ2v) is 7.86. The number of aromatic nitrogens is 2. The Morgan fingerprint density at radius 1 is 1.18 bits per heavy atom. The zero-order valence-corrected chi connectivity index (χ0v) is 17.1. The third-order valence-corrected chi connectivity index (χ3v) is 5.11. The lowest BCUT2D eigenvalue weighted by atomic mass is 9.91. The molecule has 0 atom stereocenters. The van der Waals surface area contributed by atoms with Gasteiger partial charge in [0.1, 0.15) is 11.6 Å². The number of halogens is 2. The minimum Gasteiger partial charge on any atom is -0.367 e. The number of aryl methyl sites for hydroxylation is 1. The highest BCUT2D eigenvalue weighted by Crippen LogP contribution is 2.24. The fourth-order valence-corrected chi connectivity index (χ4v) is 3.55. The number of anilines is 2. The van der Waals surface area contributed by atoms with Crippen molar-refractivity contribution in [3.05, 3.63) is 46.4 Å². The van der Waals surface area contributed by atoms with Crippen LogP contribution in [-0.2, 0) is 0 Å². The molecule has 0 bridgehead atoms. The second kappa shape index (κ2) is 8.73. The number of carbonyl (C=O) groups excluding carboxylic acids is 1. The van der Waals surface area contributed by atoms with Gasteiger partial charge in [0.15, 0.2) is 0 Å². The summed E-state index contributed by atoms with van der Waals surface area (Å²) in [5.74, 6) is 0.714. The van der Waals surface area contributed by atoms with Gasteiger partial charge in [0.05, 0.1) is 0 Å². The standard InChI is InChI=1S/C20H25ClFN5O/c1-12-11-23-20(27(2)3)26-18(12)24-16-4-6-17(7-5-16)25-19(28)13-8-14(21)10-15(22)9-13/h8-11,16-17H,4-7H2,1-3H3,(H,25,28)(H,23,24,26)/t16-,17+. The molecule has 150 valence electrons. The van der Waals surface area contributed by atoms with E-state index in [9.17, 15) is 9.18 Å². The van der Waals surface area contributed by atoms with Crippen molar-refractivity contribution in [2.45, 2.75) is 44.7 Å². The highest BCUT2D eigenvalue weighted by molar-refractivity contribution is 6.31. The minimum absolute atomic E-state index is 0.0661. The molecule has 0 saturated heterocycles. The summed E-state index contributed by atoms with van der Waals surface area (Å²) in [4.78, 5) is 23.1. The van der Waals surface area contributed by atoms with E-state index in [4.69, 9.17) is 11.6 Å². The first-order chi connectivity index (χ1) is 13.3. The Labute approximate surface area is 169 Å². The topological polar surface area (TPSA) is 70.2 Å². The van der Waals surface area contributed by atoms with Crippen LogP contribution in [0.15, 0.2) is 24.4 Å². The molecular weight excluding hydrogens is 381 g/mol. The predicted molar refractivity (Wildman–Crippen MR) is 110 cm³/mol. The summed E-state index contributed by atoms with van der Waals surface area (Å²) in [5.41, 5.74) is 1.25. The third-order valence-electron chi connectivity index (χ3n) is 4.89. The lowest BCUT2D eigenvalue weighted by Gasteiger charge is -2.30. The largest absolute Gasteiger partial charge is 0.367 e. The van der Waals surface area contributed by atoms with Crippen molar-refractivity contribution < 1.29 is 9.18 Å². The number of nitrogens with one attached hydrogen (secondary N) is 2. The number of hydrogen-bond acceptors (Lipinski definition) is 5. The van der Waals surface area contributed by atoms with E-state index < -0.39 is 5.82 Å². The Kier molecular flexibility index (Phi) is 6.34. The van der Waals surface area contributed by atoms with Gasteiger partial charge >= 0.3 is 0 Å². The Balaban J connectivity index is 1.55. The summed E-state index contributed by atoms with van der Waals surface area (Å²) < 4.78 is 13.4. The van der Waals surface area contributed by atoms with Crippen LogP contribution in [0.25, 0.3) is 0 Å². The van der Waals surface area contributed by atoms with Crippen LogP contribution in [0.4, 0.5) is 16.2 Å². The molecular formula is C20H25ClFN5O. The van der Waals surface area contributed by atoms with E-state index >= 15 is 0 Å². The Bertz CT molecular complexity index is 832. The molecule has 6 nitrogen and oxygen atoms in total. The molecule has 1 fully saturated rings. The van der Waals surface area contributed by atoms with Gasteiger partial charge in [0.2, 0.25) is 5.95 Å². The van der Waals surface area contributed by atoms with Crippen molar-refractivity contribution >= 4 is 29.3 Å².